The first-order valence-electron chi connectivity index (χ1n) is 8.89. The lowest BCUT2D eigenvalue weighted by Crippen LogP contribution is -2.16. The molecule has 0 fully saturated rings. The third-order valence-electron chi connectivity index (χ3n) is 4.54. The number of benzene rings is 2. The fourth-order valence-corrected chi connectivity index (χ4v) is 4.16. The first-order chi connectivity index (χ1) is 14.7. The zero-order valence-corrected chi connectivity index (χ0v) is 17.6. The number of fused-ring (bicyclic) bond motifs is 1. The summed E-state index contributed by atoms with van der Waals surface area (Å²) in [5.41, 5.74) is 1.28. The van der Waals surface area contributed by atoms with Gasteiger partial charge >= 0.3 is 0 Å². The summed E-state index contributed by atoms with van der Waals surface area (Å²) in [7, 11) is -2.19. The molecule has 0 saturated carbocycles. The van der Waals surface area contributed by atoms with Crippen LogP contribution in [0.1, 0.15) is 10.5 Å². The molecule has 158 valence electrons. The molecule has 0 bridgehead atoms. The molecule has 0 aliphatic carbocycles. The summed E-state index contributed by atoms with van der Waals surface area (Å²) in [4.78, 5) is 20.4. The molecule has 0 spiro atoms. The van der Waals surface area contributed by atoms with Gasteiger partial charge in [0.2, 0.25) is 0 Å². The van der Waals surface area contributed by atoms with Gasteiger partial charge in [-0.15, -0.1) is 0 Å². The van der Waals surface area contributed by atoms with Gasteiger partial charge < -0.3 is 9.88 Å². The lowest BCUT2D eigenvalue weighted by atomic mass is 10.2. The maximum atomic E-state index is 13.7. The number of amides is 1. The number of rotatable bonds is 5. The molecule has 1 amide bonds. The molecule has 4 aromatic rings. The highest BCUT2D eigenvalue weighted by Gasteiger charge is 2.17. The van der Waals surface area contributed by atoms with E-state index in [9.17, 15) is 17.6 Å². The van der Waals surface area contributed by atoms with Gasteiger partial charge in [0.05, 0.1) is 21.6 Å². The summed E-state index contributed by atoms with van der Waals surface area (Å²) in [5, 5.41) is 3.19. The van der Waals surface area contributed by atoms with Crippen LogP contribution < -0.4 is 10.0 Å². The Hall–Kier alpha value is -3.50. The number of aryl methyl sites for hydroxylation is 1. The minimum absolute atomic E-state index is 0.00845. The van der Waals surface area contributed by atoms with Crippen molar-refractivity contribution in [1.82, 2.24) is 14.5 Å². The van der Waals surface area contributed by atoms with Crippen LogP contribution in [-0.4, -0.2) is 28.9 Å². The summed E-state index contributed by atoms with van der Waals surface area (Å²) in [5.74, 6) is -0.922. The molecule has 0 aliphatic heterocycles. The van der Waals surface area contributed by atoms with Gasteiger partial charge in [-0.25, -0.2) is 17.8 Å². The average molecular weight is 460 g/mol. The van der Waals surface area contributed by atoms with E-state index in [0.29, 0.717) is 16.6 Å². The van der Waals surface area contributed by atoms with Gasteiger partial charge in [0, 0.05) is 30.5 Å². The van der Waals surface area contributed by atoms with Gasteiger partial charge in [-0.05, 0) is 42.5 Å². The Labute approximate surface area is 181 Å². The van der Waals surface area contributed by atoms with Crippen molar-refractivity contribution < 1.29 is 17.6 Å². The number of carbonyl (C=O) groups is 1. The molecule has 0 aliphatic rings. The maximum absolute atomic E-state index is 13.7. The van der Waals surface area contributed by atoms with E-state index >= 15 is 0 Å². The molecule has 2 aromatic heterocycles. The molecule has 2 aromatic carbocycles. The van der Waals surface area contributed by atoms with Crippen LogP contribution in [-0.2, 0) is 17.1 Å². The van der Waals surface area contributed by atoms with Crippen LogP contribution in [0.25, 0.3) is 10.9 Å². The Morgan fingerprint density at radius 1 is 1.13 bits per heavy atom. The monoisotopic (exact) mass is 459 g/mol. The van der Waals surface area contributed by atoms with E-state index in [4.69, 9.17) is 11.6 Å². The molecule has 0 radical (unpaired) electrons. The number of halogens is 2. The first kappa shape index (κ1) is 20.8. The third-order valence-corrected chi connectivity index (χ3v) is 6.20. The van der Waals surface area contributed by atoms with Crippen molar-refractivity contribution >= 4 is 49.9 Å². The van der Waals surface area contributed by atoms with Crippen molar-refractivity contribution in [2.75, 3.05) is 10.0 Å². The van der Waals surface area contributed by atoms with Crippen molar-refractivity contribution in [2.45, 2.75) is 4.90 Å². The molecule has 2 heterocycles. The molecule has 0 unspecified atom stereocenters. The van der Waals surface area contributed by atoms with E-state index < -0.39 is 21.7 Å². The minimum atomic E-state index is -3.86. The maximum Gasteiger partial charge on any atom is 0.272 e. The molecular weight excluding hydrogens is 445 g/mol. The second-order valence-electron chi connectivity index (χ2n) is 6.59. The molecule has 2 N–H and O–H groups in total. The van der Waals surface area contributed by atoms with Gasteiger partial charge in [0.25, 0.3) is 15.9 Å². The van der Waals surface area contributed by atoms with Crippen molar-refractivity contribution in [2.24, 2.45) is 7.05 Å². The Balaban J connectivity index is 1.53. The highest BCUT2D eigenvalue weighted by Crippen LogP contribution is 2.26. The number of carbonyl (C=O) groups excluding carboxylic acids is 1. The van der Waals surface area contributed by atoms with E-state index in [1.807, 2.05) is 0 Å². The van der Waals surface area contributed by atoms with Crippen LogP contribution in [0.5, 0.6) is 0 Å². The molecule has 4 rings (SSSR count). The molecule has 31 heavy (non-hydrogen) atoms. The first-order valence-corrected chi connectivity index (χ1v) is 10.8. The SMILES string of the molecule is Cn1c(C(=O)Nc2ccc(S(=O)(=O)Nc3cnccn3)cc2)cc2cc(F)c(Cl)cc21. The quantitative estimate of drug-likeness (QED) is 0.472. The van der Waals surface area contributed by atoms with Crippen LogP contribution >= 0.6 is 11.6 Å². The average Bonchev–Trinajstić information content (AvgIpc) is 3.05. The zero-order valence-electron chi connectivity index (χ0n) is 16.0. The summed E-state index contributed by atoms with van der Waals surface area (Å²) in [6.45, 7) is 0. The Kier molecular flexibility index (Phi) is 5.34. The lowest BCUT2D eigenvalue weighted by Gasteiger charge is -2.09. The van der Waals surface area contributed by atoms with Crippen LogP contribution in [0, 0.1) is 5.82 Å². The number of anilines is 2. The molecule has 8 nitrogen and oxygen atoms in total. The molecule has 0 atom stereocenters. The highest BCUT2D eigenvalue weighted by molar-refractivity contribution is 7.92. The number of aromatic nitrogens is 3. The van der Waals surface area contributed by atoms with Crippen molar-refractivity contribution in [1.29, 1.82) is 0 Å². The van der Waals surface area contributed by atoms with Crippen LogP contribution in [0.4, 0.5) is 15.9 Å². The predicted molar refractivity (Wildman–Crippen MR) is 115 cm³/mol. The van der Waals surface area contributed by atoms with Gasteiger partial charge in [-0.2, -0.15) is 0 Å². The number of nitrogens with zero attached hydrogens (tertiary/aromatic N) is 3. The number of hydrogen-bond donors (Lipinski definition) is 2. The van der Waals surface area contributed by atoms with Crippen LogP contribution in [0.3, 0.4) is 0 Å². The van der Waals surface area contributed by atoms with Gasteiger partial charge in [0.15, 0.2) is 5.82 Å². The number of sulfonamides is 1. The Morgan fingerprint density at radius 3 is 2.55 bits per heavy atom. The normalized spacial score (nSPS) is 11.5. The van der Waals surface area contributed by atoms with E-state index in [1.54, 1.807) is 17.7 Å². The molecular formula is C20H15ClFN5O3S. The van der Waals surface area contributed by atoms with Gasteiger partial charge in [-0.1, -0.05) is 11.6 Å². The van der Waals surface area contributed by atoms with E-state index in [0.717, 1.165) is 0 Å². The predicted octanol–water partition coefficient (Wildman–Crippen LogP) is 3.81. The smallest absolute Gasteiger partial charge is 0.272 e. The zero-order chi connectivity index (χ0) is 22.2. The summed E-state index contributed by atoms with van der Waals surface area (Å²) in [6, 6.07) is 9.89. The second kappa shape index (κ2) is 7.97. The summed E-state index contributed by atoms with van der Waals surface area (Å²) in [6.07, 6.45) is 4.08. The summed E-state index contributed by atoms with van der Waals surface area (Å²) >= 11 is 5.83. The van der Waals surface area contributed by atoms with Crippen molar-refractivity contribution in [3.63, 3.8) is 0 Å². The molecule has 0 saturated heterocycles. The number of hydrogen-bond acceptors (Lipinski definition) is 5. The van der Waals surface area contributed by atoms with Crippen molar-refractivity contribution in [3.8, 4) is 0 Å². The standard InChI is InChI=1S/C20H15ClFN5O3S/c1-27-17-10-15(21)16(22)8-12(17)9-18(27)20(28)25-13-2-4-14(5-3-13)31(29,30)26-19-11-23-6-7-24-19/h2-11H,1H3,(H,24,26)(H,25,28). The topological polar surface area (TPSA) is 106 Å². The van der Waals surface area contributed by atoms with Gasteiger partial charge in [0.1, 0.15) is 11.5 Å². The van der Waals surface area contributed by atoms with E-state index in [1.165, 1.54) is 55.0 Å². The fourth-order valence-electron chi connectivity index (χ4n) is 3.01. The van der Waals surface area contributed by atoms with Crippen molar-refractivity contribution in [3.05, 3.63) is 77.6 Å². The lowest BCUT2D eigenvalue weighted by molar-refractivity contribution is 0.101. The second-order valence-corrected chi connectivity index (χ2v) is 8.68. The van der Waals surface area contributed by atoms with Crippen LogP contribution in [0.2, 0.25) is 5.02 Å². The van der Waals surface area contributed by atoms with Gasteiger partial charge in [-0.3, -0.25) is 14.5 Å². The largest absolute Gasteiger partial charge is 0.340 e. The Bertz CT molecular complexity index is 1390. The fraction of sp³-hybridized carbons (Fsp3) is 0.0500. The minimum Gasteiger partial charge on any atom is -0.340 e. The third kappa shape index (κ3) is 4.21. The highest BCUT2D eigenvalue weighted by atomic mass is 35.5. The summed E-state index contributed by atoms with van der Waals surface area (Å²) < 4.78 is 42.5. The van der Waals surface area contributed by atoms with E-state index in [-0.39, 0.29) is 21.4 Å². The van der Waals surface area contributed by atoms with E-state index in [2.05, 4.69) is 20.0 Å². The molecule has 11 heteroatoms. The Morgan fingerprint density at radius 2 is 1.87 bits per heavy atom. The van der Waals surface area contributed by atoms with Crippen LogP contribution in [0.15, 0.2) is 66.0 Å². The number of nitrogens with one attached hydrogen (secondary N) is 2.